The summed E-state index contributed by atoms with van der Waals surface area (Å²) in [7, 11) is 0. The highest BCUT2D eigenvalue weighted by Gasteiger charge is 2.04. The predicted molar refractivity (Wildman–Crippen MR) is 73.5 cm³/mol. The largest absolute Gasteiger partial charge is 0.378 e. The molecule has 18 heavy (non-hydrogen) atoms. The topological polar surface area (TPSA) is 42.7 Å². The SMILES string of the molecule is CCCc1ccccc1NCc1ncnn1CC. The Bertz CT molecular complexity index is 490. The van der Waals surface area contributed by atoms with Gasteiger partial charge in [0.05, 0.1) is 6.54 Å². The van der Waals surface area contributed by atoms with Crippen LogP contribution in [-0.2, 0) is 19.5 Å². The molecule has 0 saturated heterocycles. The first kappa shape index (κ1) is 12.6. The lowest BCUT2D eigenvalue weighted by molar-refractivity contribution is 0.622. The van der Waals surface area contributed by atoms with Gasteiger partial charge in [-0.05, 0) is 25.0 Å². The van der Waals surface area contributed by atoms with Crippen molar-refractivity contribution in [2.45, 2.75) is 39.8 Å². The first-order valence-electron chi connectivity index (χ1n) is 6.53. The van der Waals surface area contributed by atoms with E-state index in [4.69, 9.17) is 0 Å². The first-order chi connectivity index (χ1) is 8.85. The molecule has 0 aliphatic heterocycles. The molecule has 0 aliphatic rings. The van der Waals surface area contributed by atoms with Gasteiger partial charge >= 0.3 is 0 Å². The number of benzene rings is 1. The number of anilines is 1. The van der Waals surface area contributed by atoms with Gasteiger partial charge in [-0.15, -0.1) is 0 Å². The molecule has 0 atom stereocenters. The molecule has 0 spiro atoms. The van der Waals surface area contributed by atoms with Gasteiger partial charge in [-0.3, -0.25) is 0 Å². The summed E-state index contributed by atoms with van der Waals surface area (Å²) in [5.74, 6) is 0.976. The lowest BCUT2D eigenvalue weighted by atomic mass is 10.1. The van der Waals surface area contributed by atoms with Crippen molar-refractivity contribution in [3.63, 3.8) is 0 Å². The number of hydrogen-bond acceptors (Lipinski definition) is 3. The first-order valence-corrected chi connectivity index (χ1v) is 6.53. The van der Waals surface area contributed by atoms with Gasteiger partial charge in [0.2, 0.25) is 0 Å². The van der Waals surface area contributed by atoms with Crippen LogP contribution in [0.4, 0.5) is 5.69 Å². The fraction of sp³-hybridized carbons (Fsp3) is 0.429. The van der Waals surface area contributed by atoms with Crippen LogP contribution in [0.25, 0.3) is 0 Å². The van der Waals surface area contributed by atoms with Gasteiger partial charge in [-0.25, -0.2) is 9.67 Å². The number of aryl methyl sites for hydroxylation is 2. The molecule has 0 fully saturated rings. The van der Waals surface area contributed by atoms with Gasteiger partial charge in [0.15, 0.2) is 0 Å². The molecular formula is C14H20N4. The van der Waals surface area contributed by atoms with Crippen molar-refractivity contribution >= 4 is 5.69 Å². The third kappa shape index (κ3) is 2.88. The zero-order valence-electron chi connectivity index (χ0n) is 11.1. The van der Waals surface area contributed by atoms with E-state index in [1.807, 2.05) is 4.68 Å². The minimum Gasteiger partial charge on any atom is -0.378 e. The van der Waals surface area contributed by atoms with Crippen molar-refractivity contribution in [1.82, 2.24) is 14.8 Å². The van der Waals surface area contributed by atoms with Gasteiger partial charge in [-0.2, -0.15) is 5.10 Å². The second-order valence-corrected chi connectivity index (χ2v) is 4.25. The summed E-state index contributed by atoms with van der Waals surface area (Å²) < 4.78 is 1.91. The minimum absolute atomic E-state index is 0.717. The summed E-state index contributed by atoms with van der Waals surface area (Å²) in [5.41, 5.74) is 2.56. The molecule has 0 unspecified atom stereocenters. The molecule has 1 heterocycles. The normalized spacial score (nSPS) is 10.6. The lowest BCUT2D eigenvalue weighted by Gasteiger charge is -2.11. The van der Waals surface area contributed by atoms with E-state index in [0.717, 1.165) is 25.2 Å². The fourth-order valence-corrected chi connectivity index (χ4v) is 2.04. The Morgan fingerprint density at radius 3 is 2.83 bits per heavy atom. The van der Waals surface area contributed by atoms with Crippen LogP contribution in [0, 0.1) is 0 Å². The van der Waals surface area contributed by atoms with Gasteiger partial charge in [0.1, 0.15) is 12.2 Å². The maximum atomic E-state index is 4.27. The quantitative estimate of drug-likeness (QED) is 0.849. The molecule has 4 nitrogen and oxygen atoms in total. The van der Waals surface area contributed by atoms with E-state index >= 15 is 0 Å². The van der Waals surface area contributed by atoms with E-state index in [2.05, 4.69) is 53.5 Å². The summed E-state index contributed by atoms with van der Waals surface area (Å²) in [4.78, 5) is 4.27. The molecule has 1 N–H and O–H groups in total. The van der Waals surface area contributed by atoms with Crippen LogP contribution >= 0.6 is 0 Å². The molecule has 2 aromatic rings. The number of nitrogens with one attached hydrogen (secondary N) is 1. The van der Waals surface area contributed by atoms with Gasteiger partial charge < -0.3 is 5.32 Å². The van der Waals surface area contributed by atoms with Crippen LogP contribution in [0.5, 0.6) is 0 Å². The standard InChI is InChI=1S/C14H20N4/c1-3-7-12-8-5-6-9-13(12)15-10-14-16-11-17-18(14)4-2/h5-6,8-9,11,15H,3-4,7,10H2,1-2H3. The second kappa shape index (κ2) is 6.19. The van der Waals surface area contributed by atoms with Crippen LogP contribution in [0.1, 0.15) is 31.7 Å². The van der Waals surface area contributed by atoms with E-state index in [-0.39, 0.29) is 0 Å². The van der Waals surface area contributed by atoms with Crippen LogP contribution in [-0.4, -0.2) is 14.8 Å². The fourth-order valence-electron chi connectivity index (χ4n) is 2.04. The molecule has 1 aromatic heterocycles. The van der Waals surface area contributed by atoms with Crippen LogP contribution in [0.3, 0.4) is 0 Å². The number of aromatic nitrogens is 3. The van der Waals surface area contributed by atoms with E-state index in [0.29, 0.717) is 6.54 Å². The number of nitrogens with zero attached hydrogens (tertiary/aromatic N) is 3. The molecule has 0 bridgehead atoms. The summed E-state index contributed by atoms with van der Waals surface area (Å²) in [6.07, 6.45) is 3.87. The van der Waals surface area contributed by atoms with E-state index in [1.165, 1.54) is 11.3 Å². The van der Waals surface area contributed by atoms with Crippen molar-refractivity contribution in [1.29, 1.82) is 0 Å². The highest BCUT2D eigenvalue weighted by molar-refractivity contribution is 5.51. The van der Waals surface area contributed by atoms with Gasteiger partial charge in [0.25, 0.3) is 0 Å². The summed E-state index contributed by atoms with van der Waals surface area (Å²) in [5, 5.41) is 7.62. The number of hydrogen-bond donors (Lipinski definition) is 1. The van der Waals surface area contributed by atoms with Crippen molar-refractivity contribution in [3.05, 3.63) is 42.0 Å². The maximum Gasteiger partial charge on any atom is 0.146 e. The van der Waals surface area contributed by atoms with Crippen molar-refractivity contribution in [2.75, 3.05) is 5.32 Å². The minimum atomic E-state index is 0.717. The molecule has 4 heteroatoms. The molecule has 0 saturated carbocycles. The van der Waals surface area contributed by atoms with E-state index in [9.17, 15) is 0 Å². The van der Waals surface area contributed by atoms with Crippen molar-refractivity contribution in [2.24, 2.45) is 0 Å². The molecule has 0 amide bonds. The summed E-state index contributed by atoms with van der Waals surface area (Å²) >= 11 is 0. The third-order valence-electron chi connectivity index (χ3n) is 2.97. The van der Waals surface area contributed by atoms with E-state index < -0.39 is 0 Å². The van der Waals surface area contributed by atoms with E-state index in [1.54, 1.807) is 6.33 Å². The second-order valence-electron chi connectivity index (χ2n) is 4.25. The monoisotopic (exact) mass is 244 g/mol. The molecule has 1 aromatic carbocycles. The van der Waals surface area contributed by atoms with Gasteiger partial charge in [0, 0.05) is 12.2 Å². The molecular weight excluding hydrogens is 224 g/mol. The molecule has 96 valence electrons. The van der Waals surface area contributed by atoms with Crippen LogP contribution < -0.4 is 5.32 Å². The summed E-state index contributed by atoms with van der Waals surface area (Å²) in [6, 6.07) is 8.45. The Morgan fingerprint density at radius 2 is 2.06 bits per heavy atom. The average molecular weight is 244 g/mol. The lowest BCUT2D eigenvalue weighted by Crippen LogP contribution is -2.10. The summed E-state index contributed by atoms with van der Waals surface area (Å²) in [6.45, 7) is 5.84. The number of para-hydroxylation sites is 1. The Kier molecular flexibility index (Phi) is 4.34. The van der Waals surface area contributed by atoms with Crippen molar-refractivity contribution in [3.8, 4) is 0 Å². The smallest absolute Gasteiger partial charge is 0.146 e. The Balaban J connectivity index is 2.06. The van der Waals surface area contributed by atoms with Crippen LogP contribution in [0.2, 0.25) is 0 Å². The predicted octanol–water partition coefficient (Wildman–Crippen LogP) is 2.86. The highest BCUT2D eigenvalue weighted by atomic mass is 15.3. The zero-order chi connectivity index (χ0) is 12.8. The molecule has 0 aliphatic carbocycles. The number of rotatable bonds is 6. The Hall–Kier alpha value is -1.84. The average Bonchev–Trinajstić information content (AvgIpc) is 2.85. The molecule has 0 radical (unpaired) electrons. The highest BCUT2D eigenvalue weighted by Crippen LogP contribution is 2.17. The Labute approximate surface area is 108 Å². The maximum absolute atomic E-state index is 4.27. The van der Waals surface area contributed by atoms with Crippen LogP contribution in [0.15, 0.2) is 30.6 Å². The Morgan fingerprint density at radius 1 is 1.22 bits per heavy atom. The molecule has 2 rings (SSSR count). The van der Waals surface area contributed by atoms with Gasteiger partial charge in [-0.1, -0.05) is 31.5 Å². The zero-order valence-corrected chi connectivity index (χ0v) is 11.1. The third-order valence-corrected chi connectivity index (χ3v) is 2.97. The van der Waals surface area contributed by atoms with Crippen molar-refractivity contribution < 1.29 is 0 Å².